The second kappa shape index (κ2) is 5.09. The van der Waals surface area contributed by atoms with Gasteiger partial charge in [0, 0.05) is 0 Å². The maximum absolute atomic E-state index is 12.1. The third kappa shape index (κ3) is 2.65. The second-order valence-electron chi connectivity index (χ2n) is 4.10. The molecule has 0 amide bonds. The molecule has 3 nitrogen and oxygen atoms in total. The lowest BCUT2D eigenvalue weighted by atomic mass is 10.1. The van der Waals surface area contributed by atoms with Crippen LogP contribution in [0.1, 0.15) is 0 Å². The van der Waals surface area contributed by atoms with Crippen molar-refractivity contribution in [3.63, 3.8) is 0 Å². The summed E-state index contributed by atoms with van der Waals surface area (Å²) in [5.74, 6) is 0.285. The fraction of sp³-hybridized carbons (Fsp3) is 0. The topological polar surface area (TPSA) is 43.4 Å². The molecule has 0 radical (unpaired) electrons. The van der Waals surface area contributed by atoms with Crippen LogP contribution < -0.4 is 4.18 Å². The lowest BCUT2D eigenvalue weighted by molar-refractivity contribution is 0.488. The van der Waals surface area contributed by atoms with Gasteiger partial charge in [-0.2, -0.15) is 8.42 Å². The van der Waals surface area contributed by atoms with E-state index in [0.29, 0.717) is 4.34 Å². The minimum atomic E-state index is -3.83. The highest BCUT2D eigenvalue weighted by Gasteiger charge is 2.19. The van der Waals surface area contributed by atoms with E-state index >= 15 is 0 Å². The molecular formula is C14H9ClO3S2. The van der Waals surface area contributed by atoms with Gasteiger partial charge in [-0.1, -0.05) is 41.9 Å². The summed E-state index contributed by atoms with van der Waals surface area (Å²) in [6.07, 6.45) is 0. The van der Waals surface area contributed by atoms with E-state index in [1.807, 2.05) is 30.3 Å². The van der Waals surface area contributed by atoms with E-state index in [0.717, 1.165) is 22.1 Å². The van der Waals surface area contributed by atoms with Crippen LogP contribution in [-0.4, -0.2) is 8.42 Å². The Hall–Kier alpha value is -1.56. The number of thiophene rings is 1. The summed E-state index contributed by atoms with van der Waals surface area (Å²) in [5, 5.41) is 1.95. The van der Waals surface area contributed by atoms with Gasteiger partial charge in [-0.3, -0.25) is 0 Å². The fourth-order valence-electron chi connectivity index (χ4n) is 1.82. The first-order chi connectivity index (χ1) is 9.54. The minimum Gasteiger partial charge on any atom is -0.378 e. The summed E-state index contributed by atoms with van der Waals surface area (Å²) < 4.78 is 29.8. The number of rotatable bonds is 3. The Balaban J connectivity index is 1.96. The third-order valence-electron chi connectivity index (χ3n) is 2.72. The average molecular weight is 325 g/mol. The fourth-order valence-corrected chi connectivity index (χ4v) is 4.19. The van der Waals surface area contributed by atoms with E-state index < -0.39 is 10.1 Å². The summed E-state index contributed by atoms with van der Waals surface area (Å²) in [6.45, 7) is 0. The van der Waals surface area contributed by atoms with E-state index in [1.165, 1.54) is 12.1 Å². The van der Waals surface area contributed by atoms with Crippen molar-refractivity contribution in [2.24, 2.45) is 0 Å². The molecule has 0 aliphatic rings. The number of fused-ring (bicyclic) bond motifs is 1. The predicted molar refractivity (Wildman–Crippen MR) is 81.1 cm³/mol. The van der Waals surface area contributed by atoms with Gasteiger partial charge in [0.2, 0.25) is 0 Å². The molecular weight excluding hydrogens is 316 g/mol. The monoisotopic (exact) mass is 324 g/mol. The van der Waals surface area contributed by atoms with Crippen molar-refractivity contribution in [3.8, 4) is 5.75 Å². The van der Waals surface area contributed by atoms with Crippen LogP contribution in [0.15, 0.2) is 58.8 Å². The van der Waals surface area contributed by atoms with Gasteiger partial charge >= 0.3 is 10.1 Å². The minimum absolute atomic E-state index is 0.0932. The Morgan fingerprint density at radius 1 is 0.950 bits per heavy atom. The van der Waals surface area contributed by atoms with Crippen molar-refractivity contribution in [1.82, 2.24) is 0 Å². The van der Waals surface area contributed by atoms with Crippen LogP contribution in [0, 0.1) is 0 Å². The van der Waals surface area contributed by atoms with Crippen LogP contribution in [0.2, 0.25) is 4.34 Å². The van der Waals surface area contributed by atoms with Gasteiger partial charge in [-0.25, -0.2) is 0 Å². The number of hydrogen-bond acceptors (Lipinski definition) is 4. The van der Waals surface area contributed by atoms with Crippen molar-refractivity contribution in [3.05, 3.63) is 58.9 Å². The molecule has 0 atom stereocenters. The number of benzene rings is 2. The maximum Gasteiger partial charge on any atom is 0.348 e. The molecule has 0 fully saturated rings. The average Bonchev–Trinajstić information content (AvgIpc) is 2.86. The molecule has 3 rings (SSSR count). The van der Waals surface area contributed by atoms with Gasteiger partial charge in [0.15, 0.2) is 4.21 Å². The van der Waals surface area contributed by atoms with Crippen LogP contribution in [0.5, 0.6) is 5.75 Å². The Morgan fingerprint density at radius 3 is 2.40 bits per heavy atom. The Bertz CT molecular complexity index is 869. The Morgan fingerprint density at radius 2 is 1.70 bits per heavy atom. The van der Waals surface area contributed by atoms with Gasteiger partial charge in [-0.05, 0) is 35.0 Å². The van der Waals surface area contributed by atoms with E-state index in [4.69, 9.17) is 15.8 Å². The molecule has 0 N–H and O–H groups in total. The van der Waals surface area contributed by atoms with Crippen molar-refractivity contribution in [1.29, 1.82) is 0 Å². The van der Waals surface area contributed by atoms with Gasteiger partial charge in [0.25, 0.3) is 0 Å². The SMILES string of the molecule is O=S(=O)(Oc1ccc2ccccc2c1)c1ccc(Cl)s1. The molecule has 0 aliphatic heterocycles. The standard InChI is InChI=1S/C14H9ClO3S2/c15-13-7-8-14(19-13)20(16,17)18-12-6-5-10-3-1-2-4-11(10)9-12/h1-9H. The smallest absolute Gasteiger partial charge is 0.348 e. The highest BCUT2D eigenvalue weighted by molar-refractivity contribution is 7.89. The largest absolute Gasteiger partial charge is 0.378 e. The summed E-state index contributed by atoms with van der Waals surface area (Å²) >= 11 is 6.72. The van der Waals surface area contributed by atoms with Crippen LogP contribution in [0.25, 0.3) is 10.8 Å². The molecule has 102 valence electrons. The third-order valence-corrected chi connectivity index (χ3v) is 5.65. The molecule has 3 aromatic rings. The lowest BCUT2D eigenvalue weighted by Gasteiger charge is -2.06. The molecule has 6 heteroatoms. The van der Waals surface area contributed by atoms with Crippen molar-refractivity contribution in [2.75, 3.05) is 0 Å². The first kappa shape index (κ1) is 13.4. The molecule has 0 aliphatic carbocycles. The Kier molecular flexibility index (Phi) is 3.41. The van der Waals surface area contributed by atoms with Gasteiger partial charge in [-0.15, -0.1) is 11.3 Å². The van der Waals surface area contributed by atoms with Gasteiger partial charge in [0.1, 0.15) is 5.75 Å². The summed E-state index contributed by atoms with van der Waals surface area (Å²) in [4.78, 5) is 0. The number of hydrogen-bond donors (Lipinski definition) is 0. The normalized spacial score (nSPS) is 11.7. The molecule has 0 saturated heterocycles. The Labute approximate surface area is 125 Å². The molecule has 0 saturated carbocycles. The summed E-state index contributed by atoms with van der Waals surface area (Å²) in [6, 6.07) is 15.8. The van der Waals surface area contributed by atoms with Gasteiger partial charge in [0.05, 0.1) is 4.34 Å². The van der Waals surface area contributed by atoms with E-state index in [2.05, 4.69) is 0 Å². The first-order valence-corrected chi connectivity index (χ1v) is 8.33. The second-order valence-corrected chi connectivity index (χ2v) is 7.59. The first-order valence-electron chi connectivity index (χ1n) is 5.73. The zero-order chi connectivity index (χ0) is 14.2. The quantitative estimate of drug-likeness (QED) is 0.674. The van der Waals surface area contributed by atoms with E-state index in [9.17, 15) is 8.42 Å². The van der Waals surface area contributed by atoms with Crippen LogP contribution in [0.3, 0.4) is 0 Å². The summed E-state index contributed by atoms with van der Waals surface area (Å²) in [7, 11) is -3.83. The van der Waals surface area contributed by atoms with E-state index in [-0.39, 0.29) is 9.96 Å². The highest BCUT2D eigenvalue weighted by atomic mass is 35.5. The maximum atomic E-state index is 12.1. The molecule has 0 spiro atoms. The van der Waals surface area contributed by atoms with Gasteiger partial charge < -0.3 is 4.18 Å². The molecule has 1 aromatic heterocycles. The molecule has 0 bridgehead atoms. The van der Waals surface area contributed by atoms with E-state index in [1.54, 1.807) is 12.1 Å². The highest BCUT2D eigenvalue weighted by Crippen LogP contribution is 2.29. The van der Waals surface area contributed by atoms with Crippen molar-refractivity contribution >= 4 is 43.8 Å². The lowest BCUT2D eigenvalue weighted by Crippen LogP contribution is -2.07. The molecule has 20 heavy (non-hydrogen) atoms. The zero-order valence-corrected chi connectivity index (χ0v) is 12.5. The summed E-state index contributed by atoms with van der Waals surface area (Å²) in [5.41, 5.74) is 0. The molecule has 1 heterocycles. The molecule has 0 unspecified atom stereocenters. The van der Waals surface area contributed by atoms with Crippen LogP contribution in [0.4, 0.5) is 0 Å². The zero-order valence-electron chi connectivity index (χ0n) is 10.1. The number of halogens is 1. The van der Waals surface area contributed by atoms with Crippen molar-refractivity contribution < 1.29 is 12.6 Å². The van der Waals surface area contributed by atoms with Crippen molar-refractivity contribution in [2.45, 2.75) is 4.21 Å². The molecule has 2 aromatic carbocycles. The van der Waals surface area contributed by atoms with Crippen LogP contribution >= 0.6 is 22.9 Å². The van der Waals surface area contributed by atoms with Crippen LogP contribution in [-0.2, 0) is 10.1 Å². The predicted octanol–water partition coefficient (Wildman–Crippen LogP) is 4.32.